The molecule has 27 heavy (non-hydrogen) atoms. The van der Waals surface area contributed by atoms with Crippen LogP contribution in [0, 0.1) is 0 Å². The molecule has 1 aliphatic heterocycles. The average molecular weight is 356 g/mol. The zero-order valence-electron chi connectivity index (χ0n) is 13.9. The molecule has 0 saturated heterocycles. The fraction of sp³-hybridized carbons (Fsp3) is 0. The van der Waals surface area contributed by atoms with Crippen LogP contribution in [0.2, 0.25) is 0 Å². The third-order valence-corrected chi connectivity index (χ3v) is 4.72. The number of imide groups is 1. The highest BCUT2D eigenvalue weighted by Crippen LogP contribution is 2.28. The molecule has 0 radical (unpaired) electrons. The Kier molecular flexibility index (Phi) is 2.97. The monoisotopic (exact) mass is 356 g/mol. The minimum Gasteiger partial charge on any atom is -0.384 e. The van der Waals surface area contributed by atoms with Crippen LogP contribution >= 0.6 is 0 Å². The number of anilines is 1. The minimum absolute atomic E-state index is 0.00241. The maximum absolute atomic E-state index is 12.7. The van der Waals surface area contributed by atoms with E-state index in [1.54, 1.807) is 12.1 Å². The predicted molar refractivity (Wildman–Crippen MR) is 101 cm³/mol. The first-order chi connectivity index (χ1) is 13.0. The molecule has 3 heterocycles. The van der Waals surface area contributed by atoms with Crippen LogP contribution in [-0.2, 0) is 0 Å². The highest BCUT2D eigenvalue weighted by atomic mass is 16.2. The fourth-order valence-electron chi connectivity index (χ4n) is 3.49. The van der Waals surface area contributed by atoms with E-state index in [0.29, 0.717) is 11.2 Å². The highest BCUT2D eigenvalue weighted by molar-refractivity contribution is 6.23. The van der Waals surface area contributed by atoms with Crippen molar-refractivity contribution in [3.05, 3.63) is 76.1 Å². The third kappa shape index (κ3) is 2.08. The smallest absolute Gasteiger partial charge is 0.262 e. The Labute approximate surface area is 152 Å². The van der Waals surface area contributed by atoms with Crippen molar-refractivity contribution in [2.24, 2.45) is 0 Å². The molecule has 3 N–H and O–H groups in total. The summed E-state index contributed by atoms with van der Waals surface area (Å²) < 4.78 is 1.22. The van der Waals surface area contributed by atoms with E-state index in [1.165, 1.54) is 4.57 Å². The van der Waals surface area contributed by atoms with E-state index in [1.807, 2.05) is 36.4 Å². The summed E-state index contributed by atoms with van der Waals surface area (Å²) in [6, 6.07) is 16.2. The topological polar surface area (TPSA) is 107 Å². The lowest BCUT2D eigenvalue weighted by atomic mass is 10.1. The number of fused-ring (bicyclic) bond motifs is 3. The number of benzene rings is 2. The third-order valence-electron chi connectivity index (χ3n) is 4.72. The van der Waals surface area contributed by atoms with E-state index in [-0.39, 0.29) is 16.9 Å². The Morgan fingerprint density at radius 3 is 2.52 bits per heavy atom. The number of nitrogen functional groups attached to an aromatic ring is 1. The van der Waals surface area contributed by atoms with Gasteiger partial charge in [-0.25, -0.2) is 4.98 Å². The molecule has 0 fully saturated rings. The summed E-state index contributed by atoms with van der Waals surface area (Å²) in [5.74, 6) is -1.31. The van der Waals surface area contributed by atoms with Gasteiger partial charge in [0.2, 0.25) is 0 Å². The van der Waals surface area contributed by atoms with Crippen molar-refractivity contribution in [2.45, 2.75) is 0 Å². The quantitative estimate of drug-likeness (QED) is 0.401. The zero-order chi connectivity index (χ0) is 18.7. The normalized spacial score (nSPS) is 13.2. The molecule has 7 nitrogen and oxygen atoms in total. The SMILES string of the molecule is Nc1c2c(cc(=O)n1-c1cccc3cc4ccccc4nc13)C(=O)NC2=O. The fourth-order valence-corrected chi connectivity index (χ4v) is 3.49. The van der Waals surface area contributed by atoms with Crippen LogP contribution in [0.1, 0.15) is 20.7 Å². The van der Waals surface area contributed by atoms with Crippen molar-refractivity contribution in [2.75, 3.05) is 5.73 Å². The molecule has 0 bridgehead atoms. The van der Waals surface area contributed by atoms with Crippen LogP contribution in [0.25, 0.3) is 27.5 Å². The number of para-hydroxylation sites is 2. The number of hydrogen-bond acceptors (Lipinski definition) is 5. The molecular weight excluding hydrogens is 344 g/mol. The van der Waals surface area contributed by atoms with Crippen molar-refractivity contribution < 1.29 is 9.59 Å². The molecule has 0 aliphatic carbocycles. The van der Waals surface area contributed by atoms with Gasteiger partial charge in [-0.05, 0) is 18.2 Å². The van der Waals surface area contributed by atoms with Gasteiger partial charge < -0.3 is 5.73 Å². The summed E-state index contributed by atoms with van der Waals surface area (Å²) in [6.07, 6.45) is 0. The van der Waals surface area contributed by atoms with Crippen molar-refractivity contribution >= 4 is 39.4 Å². The highest BCUT2D eigenvalue weighted by Gasteiger charge is 2.32. The van der Waals surface area contributed by atoms with Crippen LogP contribution in [0.5, 0.6) is 0 Å². The molecule has 0 spiro atoms. The van der Waals surface area contributed by atoms with Crippen molar-refractivity contribution in [3.63, 3.8) is 0 Å². The molecule has 1 aliphatic rings. The van der Waals surface area contributed by atoms with E-state index in [4.69, 9.17) is 5.73 Å². The Morgan fingerprint density at radius 1 is 0.889 bits per heavy atom. The van der Waals surface area contributed by atoms with E-state index in [2.05, 4.69) is 10.3 Å². The molecular formula is C20H12N4O3. The van der Waals surface area contributed by atoms with E-state index in [9.17, 15) is 14.4 Å². The number of nitrogens with zero attached hydrogens (tertiary/aromatic N) is 2. The summed E-state index contributed by atoms with van der Waals surface area (Å²) in [4.78, 5) is 41.3. The van der Waals surface area contributed by atoms with E-state index >= 15 is 0 Å². The van der Waals surface area contributed by atoms with E-state index < -0.39 is 17.4 Å². The van der Waals surface area contributed by atoms with Crippen molar-refractivity contribution in [1.29, 1.82) is 0 Å². The number of amides is 2. The second-order valence-corrected chi connectivity index (χ2v) is 6.31. The van der Waals surface area contributed by atoms with Crippen molar-refractivity contribution in [1.82, 2.24) is 14.9 Å². The Hall–Kier alpha value is -4.00. The Bertz CT molecular complexity index is 1370. The number of nitrogens with one attached hydrogen (secondary N) is 1. The molecule has 0 atom stereocenters. The Balaban J connectivity index is 1.89. The summed E-state index contributed by atoms with van der Waals surface area (Å²) in [5.41, 5.74) is 7.46. The van der Waals surface area contributed by atoms with Gasteiger partial charge in [-0.3, -0.25) is 24.3 Å². The number of nitrogens with two attached hydrogens (primary N) is 1. The van der Waals surface area contributed by atoms with Crippen LogP contribution in [0.3, 0.4) is 0 Å². The summed E-state index contributed by atoms with van der Waals surface area (Å²) in [5, 5.41) is 3.97. The van der Waals surface area contributed by atoms with Crippen LogP contribution in [0.15, 0.2) is 59.4 Å². The van der Waals surface area contributed by atoms with Gasteiger partial charge in [0.1, 0.15) is 5.82 Å². The summed E-state index contributed by atoms with van der Waals surface area (Å²) in [6.45, 7) is 0. The van der Waals surface area contributed by atoms with Gasteiger partial charge in [-0.15, -0.1) is 0 Å². The van der Waals surface area contributed by atoms with Crippen LogP contribution < -0.4 is 16.6 Å². The molecule has 0 unspecified atom stereocenters. The predicted octanol–water partition coefficient (Wildman–Crippen LogP) is 2.00. The largest absolute Gasteiger partial charge is 0.384 e. The molecule has 0 saturated carbocycles. The number of pyridine rings is 2. The number of aromatic nitrogens is 2. The lowest BCUT2D eigenvalue weighted by molar-refractivity contribution is 0.0880. The number of carbonyl (C=O) groups excluding carboxylic acids is 2. The van der Waals surface area contributed by atoms with Gasteiger partial charge >= 0.3 is 0 Å². The average Bonchev–Trinajstić information content (AvgIpc) is 2.94. The molecule has 2 amide bonds. The molecule has 7 heteroatoms. The second-order valence-electron chi connectivity index (χ2n) is 6.31. The van der Waals surface area contributed by atoms with Gasteiger partial charge in [0.05, 0.1) is 27.8 Å². The molecule has 5 rings (SSSR count). The zero-order valence-corrected chi connectivity index (χ0v) is 13.9. The standard InChI is InChI=1S/C20H12N4O3/c21-18-16-12(19(26)23-20(16)27)9-15(25)24(18)14-7-3-5-11-8-10-4-1-2-6-13(10)22-17(11)14/h1-9H,21H2,(H,23,26,27). The number of carbonyl (C=O) groups is 2. The maximum Gasteiger partial charge on any atom is 0.262 e. The van der Waals surface area contributed by atoms with Gasteiger partial charge in [0.25, 0.3) is 17.4 Å². The first-order valence-electron chi connectivity index (χ1n) is 8.25. The number of hydrogen-bond donors (Lipinski definition) is 2. The lowest BCUT2D eigenvalue weighted by Crippen LogP contribution is -2.24. The first kappa shape index (κ1) is 15.3. The lowest BCUT2D eigenvalue weighted by Gasteiger charge is -2.14. The molecule has 2 aromatic carbocycles. The second kappa shape index (κ2) is 5.25. The van der Waals surface area contributed by atoms with Crippen LogP contribution in [0.4, 0.5) is 5.82 Å². The maximum atomic E-state index is 12.7. The van der Waals surface area contributed by atoms with Gasteiger partial charge in [-0.1, -0.05) is 30.3 Å². The molecule has 2 aromatic heterocycles. The van der Waals surface area contributed by atoms with Crippen molar-refractivity contribution in [3.8, 4) is 5.69 Å². The van der Waals surface area contributed by atoms with Crippen LogP contribution in [-0.4, -0.2) is 21.4 Å². The summed E-state index contributed by atoms with van der Waals surface area (Å²) in [7, 11) is 0. The van der Waals surface area contributed by atoms with E-state index in [0.717, 1.165) is 22.4 Å². The minimum atomic E-state index is -0.618. The van der Waals surface area contributed by atoms with Gasteiger partial charge in [0, 0.05) is 16.8 Å². The van der Waals surface area contributed by atoms with Gasteiger partial charge in [-0.2, -0.15) is 0 Å². The Morgan fingerprint density at radius 2 is 1.67 bits per heavy atom. The van der Waals surface area contributed by atoms with Gasteiger partial charge in [0.15, 0.2) is 0 Å². The number of rotatable bonds is 1. The summed E-state index contributed by atoms with van der Waals surface area (Å²) >= 11 is 0. The molecule has 4 aromatic rings. The molecule has 130 valence electrons. The first-order valence-corrected chi connectivity index (χ1v) is 8.25.